The first kappa shape index (κ1) is 59.4. The van der Waals surface area contributed by atoms with E-state index in [0.717, 1.165) is 75.5 Å². The lowest BCUT2D eigenvalue weighted by Gasteiger charge is -2.18. The van der Waals surface area contributed by atoms with Gasteiger partial charge in [0.2, 0.25) is 0 Å². The van der Waals surface area contributed by atoms with Crippen LogP contribution in [0.25, 0.3) is 0 Å². The third-order valence-corrected chi connectivity index (χ3v) is 12.4. The molecule has 0 unspecified atom stereocenters. The maximum absolute atomic E-state index is 12.8. The topological polar surface area (TPSA) is 78.9 Å². The van der Waals surface area contributed by atoms with Crippen LogP contribution in [0.4, 0.5) is 0 Å². The van der Waals surface area contributed by atoms with Gasteiger partial charge in [0.25, 0.3) is 0 Å². The van der Waals surface area contributed by atoms with Crippen molar-refractivity contribution in [2.45, 2.75) is 304 Å². The molecule has 362 valence electrons. The lowest BCUT2D eigenvalue weighted by molar-refractivity contribution is -0.167. The summed E-state index contributed by atoms with van der Waals surface area (Å²) in [6.07, 6.45) is 46.7. The summed E-state index contributed by atoms with van der Waals surface area (Å²) in [5, 5.41) is 0. The van der Waals surface area contributed by atoms with Crippen LogP contribution in [0.5, 0.6) is 0 Å². The van der Waals surface area contributed by atoms with Crippen molar-refractivity contribution >= 4 is 17.9 Å². The molecule has 0 bridgehead atoms. The van der Waals surface area contributed by atoms with Gasteiger partial charge in [-0.15, -0.1) is 0 Å². The number of ether oxygens (including phenoxy) is 3. The highest BCUT2D eigenvalue weighted by molar-refractivity contribution is 5.71. The Morgan fingerprint density at radius 1 is 0.279 bits per heavy atom. The van der Waals surface area contributed by atoms with E-state index in [-0.39, 0.29) is 31.1 Å². The average Bonchev–Trinajstić information content (AvgIpc) is 3.22. The van der Waals surface area contributed by atoms with Crippen LogP contribution in [0.1, 0.15) is 298 Å². The Balaban J connectivity index is 4.25. The monoisotopic (exact) mass is 863 g/mol. The van der Waals surface area contributed by atoms with Crippen LogP contribution >= 0.6 is 0 Å². The minimum Gasteiger partial charge on any atom is -0.462 e. The second-order valence-corrected chi connectivity index (χ2v) is 20.3. The molecule has 0 aliphatic carbocycles. The van der Waals surface area contributed by atoms with Crippen molar-refractivity contribution in [1.82, 2.24) is 0 Å². The summed E-state index contributed by atoms with van der Waals surface area (Å²) in [6, 6.07) is 0. The van der Waals surface area contributed by atoms with E-state index in [1.807, 2.05) is 0 Å². The molecule has 61 heavy (non-hydrogen) atoms. The van der Waals surface area contributed by atoms with E-state index < -0.39 is 6.10 Å². The zero-order valence-electron chi connectivity index (χ0n) is 42.0. The highest BCUT2D eigenvalue weighted by atomic mass is 16.6. The molecule has 0 N–H and O–H groups in total. The van der Waals surface area contributed by atoms with Crippen molar-refractivity contribution in [3.8, 4) is 0 Å². The van der Waals surface area contributed by atoms with Gasteiger partial charge in [-0.1, -0.05) is 260 Å². The Bertz CT molecular complexity index is 945. The molecular formula is C55H106O6. The molecule has 1 atom stereocenters. The van der Waals surface area contributed by atoms with Gasteiger partial charge in [0.05, 0.1) is 0 Å². The number of unbranched alkanes of at least 4 members (excludes halogenated alkanes) is 31. The van der Waals surface area contributed by atoms with Gasteiger partial charge < -0.3 is 14.2 Å². The summed E-state index contributed by atoms with van der Waals surface area (Å²) in [5.74, 6) is 1.61. The van der Waals surface area contributed by atoms with Gasteiger partial charge >= 0.3 is 17.9 Å². The van der Waals surface area contributed by atoms with Crippen molar-refractivity contribution in [2.75, 3.05) is 13.2 Å². The molecule has 0 spiro atoms. The first-order chi connectivity index (χ1) is 29.6. The molecule has 0 aromatic heterocycles. The molecule has 0 amide bonds. The average molecular weight is 863 g/mol. The normalized spacial score (nSPS) is 12.1. The van der Waals surface area contributed by atoms with E-state index in [0.29, 0.717) is 19.3 Å². The van der Waals surface area contributed by atoms with Crippen molar-refractivity contribution in [3.05, 3.63) is 0 Å². The fourth-order valence-corrected chi connectivity index (χ4v) is 8.29. The van der Waals surface area contributed by atoms with E-state index in [1.54, 1.807) is 0 Å². The molecule has 0 aromatic rings. The summed E-state index contributed by atoms with van der Waals surface area (Å²) >= 11 is 0. The summed E-state index contributed by atoms with van der Waals surface area (Å²) in [4.78, 5) is 38.0. The lowest BCUT2D eigenvalue weighted by Crippen LogP contribution is -2.30. The van der Waals surface area contributed by atoms with Crippen LogP contribution in [0, 0.1) is 17.8 Å². The van der Waals surface area contributed by atoms with Gasteiger partial charge in [0.1, 0.15) is 13.2 Å². The molecular weight excluding hydrogens is 757 g/mol. The minimum atomic E-state index is -0.763. The van der Waals surface area contributed by atoms with Gasteiger partial charge in [-0.2, -0.15) is 0 Å². The minimum absolute atomic E-state index is 0.0648. The zero-order chi connectivity index (χ0) is 44.9. The number of carbonyl (C=O) groups is 3. The van der Waals surface area contributed by atoms with E-state index in [1.165, 1.54) is 180 Å². The van der Waals surface area contributed by atoms with Crippen LogP contribution < -0.4 is 0 Å². The third kappa shape index (κ3) is 49.3. The summed E-state index contributed by atoms with van der Waals surface area (Å²) in [6.45, 7) is 13.7. The smallest absolute Gasteiger partial charge is 0.306 e. The lowest BCUT2D eigenvalue weighted by atomic mass is 10.0. The Hall–Kier alpha value is -1.59. The molecule has 6 nitrogen and oxygen atoms in total. The number of carbonyl (C=O) groups excluding carboxylic acids is 3. The van der Waals surface area contributed by atoms with E-state index in [9.17, 15) is 14.4 Å². The molecule has 0 saturated carbocycles. The second-order valence-electron chi connectivity index (χ2n) is 20.3. The molecule has 6 heteroatoms. The SMILES string of the molecule is CC(C)CCCCCCCCCCCCCCCCC(=O)OC[C@@H](COC(=O)CCCCCCCCCCCCCCCC(C)C)OC(=O)CCCCCCCCCC(C)C. The van der Waals surface area contributed by atoms with Gasteiger partial charge in [0.15, 0.2) is 6.10 Å². The van der Waals surface area contributed by atoms with E-state index in [2.05, 4.69) is 41.5 Å². The highest BCUT2D eigenvalue weighted by Crippen LogP contribution is 2.18. The van der Waals surface area contributed by atoms with Gasteiger partial charge in [-0.3, -0.25) is 14.4 Å². The maximum atomic E-state index is 12.8. The van der Waals surface area contributed by atoms with Crippen molar-refractivity contribution < 1.29 is 28.6 Å². The molecule has 0 rings (SSSR count). The predicted octanol–water partition coefficient (Wildman–Crippen LogP) is 17.6. The summed E-state index contributed by atoms with van der Waals surface area (Å²) in [5.41, 5.74) is 0. The van der Waals surface area contributed by atoms with Crippen molar-refractivity contribution in [2.24, 2.45) is 17.8 Å². The first-order valence-electron chi connectivity index (χ1n) is 27.1. The molecule has 0 aliphatic heterocycles. The second kappa shape index (κ2) is 46.4. The quantitative estimate of drug-likeness (QED) is 0.0344. The molecule has 0 aromatic carbocycles. The number of esters is 3. The highest BCUT2D eigenvalue weighted by Gasteiger charge is 2.19. The maximum Gasteiger partial charge on any atom is 0.306 e. The van der Waals surface area contributed by atoms with Gasteiger partial charge in [0, 0.05) is 19.3 Å². The largest absolute Gasteiger partial charge is 0.462 e. The zero-order valence-corrected chi connectivity index (χ0v) is 42.0. The number of hydrogen-bond donors (Lipinski definition) is 0. The van der Waals surface area contributed by atoms with Crippen LogP contribution in [0.15, 0.2) is 0 Å². The fourth-order valence-electron chi connectivity index (χ4n) is 8.29. The van der Waals surface area contributed by atoms with Crippen LogP contribution in [-0.2, 0) is 28.6 Å². The third-order valence-electron chi connectivity index (χ3n) is 12.4. The first-order valence-corrected chi connectivity index (χ1v) is 27.1. The Morgan fingerprint density at radius 2 is 0.475 bits per heavy atom. The molecule has 0 saturated heterocycles. The predicted molar refractivity (Wildman–Crippen MR) is 261 cm³/mol. The Kier molecular flexibility index (Phi) is 45.2. The fraction of sp³-hybridized carbons (Fsp3) is 0.945. The molecule has 0 heterocycles. The van der Waals surface area contributed by atoms with E-state index in [4.69, 9.17) is 14.2 Å². The summed E-state index contributed by atoms with van der Waals surface area (Å²) in [7, 11) is 0. The van der Waals surface area contributed by atoms with Gasteiger partial charge in [-0.05, 0) is 37.0 Å². The standard InChI is InChI=1S/C55H106O6/c1-49(2)41-35-29-23-18-14-10-7-8-12-16-20-26-32-38-44-53(56)59-47-52(61-55(58)46-40-34-28-22-25-31-37-43-51(5)6)48-60-54(57)45-39-33-27-21-17-13-9-11-15-19-24-30-36-42-50(3)4/h49-52H,7-48H2,1-6H3/t52-/m0/s1. The number of hydrogen-bond acceptors (Lipinski definition) is 6. The van der Waals surface area contributed by atoms with Crippen LogP contribution in [-0.4, -0.2) is 37.2 Å². The molecule has 0 fully saturated rings. The molecule has 0 aliphatic rings. The van der Waals surface area contributed by atoms with E-state index >= 15 is 0 Å². The molecule has 0 radical (unpaired) electrons. The van der Waals surface area contributed by atoms with Crippen molar-refractivity contribution in [3.63, 3.8) is 0 Å². The number of rotatable bonds is 48. The summed E-state index contributed by atoms with van der Waals surface area (Å²) < 4.78 is 16.8. The van der Waals surface area contributed by atoms with Crippen molar-refractivity contribution in [1.29, 1.82) is 0 Å². The van der Waals surface area contributed by atoms with Crippen LogP contribution in [0.2, 0.25) is 0 Å². The van der Waals surface area contributed by atoms with Gasteiger partial charge in [-0.25, -0.2) is 0 Å². The van der Waals surface area contributed by atoms with Crippen LogP contribution in [0.3, 0.4) is 0 Å². The Labute approximate surface area is 380 Å². The Morgan fingerprint density at radius 3 is 0.705 bits per heavy atom.